The topological polar surface area (TPSA) is 494 Å². The summed E-state index contributed by atoms with van der Waals surface area (Å²) in [6.07, 6.45) is 19.2. The van der Waals surface area contributed by atoms with E-state index in [2.05, 4.69) is 21.3 Å². The van der Waals surface area contributed by atoms with Crippen LogP contribution in [0.25, 0.3) is 0 Å². The molecule has 0 spiro atoms. The van der Waals surface area contributed by atoms with Crippen molar-refractivity contribution in [2.45, 2.75) is 263 Å². The van der Waals surface area contributed by atoms with Gasteiger partial charge in [0, 0.05) is 157 Å². The maximum Gasteiger partial charge on any atom is 0.409 e. The molecule has 0 bridgehead atoms. The van der Waals surface area contributed by atoms with Gasteiger partial charge in [-0.25, -0.2) is 38.4 Å². The van der Waals surface area contributed by atoms with Crippen molar-refractivity contribution in [1.29, 1.82) is 0 Å². The van der Waals surface area contributed by atoms with Crippen molar-refractivity contribution in [3.63, 3.8) is 0 Å². The van der Waals surface area contributed by atoms with Gasteiger partial charge in [0.2, 0.25) is 23.6 Å². The highest BCUT2D eigenvalue weighted by Crippen LogP contribution is 2.09. The lowest BCUT2D eigenvalue weighted by atomic mass is 10.2. The highest BCUT2D eigenvalue weighted by atomic mass is 19.0. The van der Waals surface area contributed by atoms with E-state index in [1.807, 2.05) is 83.1 Å². The summed E-state index contributed by atoms with van der Waals surface area (Å²) in [5.74, 6) is -0.458. The Morgan fingerprint density at radius 2 is 0.316 bits per heavy atom. The van der Waals surface area contributed by atoms with Crippen LogP contribution >= 0.6 is 0 Å². The summed E-state index contributed by atoms with van der Waals surface area (Å²) >= 11 is 0. The molecular formula is C92H185FN16O24. The molecule has 12 amide bonds. The van der Waals surface area contributed by atoms with E-state index in [1.54, 1.807) is 29.4 Å². The fourth-order valence-electron chi connectivity index (χ4n) is 12.3. The minimum Gasteiger partial charge on any atom is -0.447 e. The Bertz CT molecular complexity index is 2380. The van der Waals surface area contributed by atoms with E-state index in [-0.39, 0.29) is 183 Å². The molecule has 0 fully saturated rings. The monoisotopic (exact) mass is 1920 g/mol. The Hall–Kier alpha value is -8.35. The summed E-state index contributed by atoms with van der Waals surface area (Å²) in [5, 5.41) is 11.3. The van der Waals surface area contributed by atoms with Gasteiger partial charge >= 0.3 is 48.7 Å². The third kappa shape index (κ3) is 83.9. The summed E-state index contributed by atoms with van der Waals surface area (Å²) in [6.45, 7) is 39.7. The average Bonchev–Trinajstić information content (AvgIpc) is 0.903. The summed E-state index contributed by atoms with van der Waals surface area (Å²) in [5.41, 5.74) is 22.0. The van der Waals surface area contributed by atoms with Crippen LogP contribution in [0.15, 0.2) is 0 Å². The Kier molecular flexibility index (Phi) is 101. The van der Waals surface area contributed by atoms with Gasteiger partial charge < -0.3 is 140 Å². The molecule has 0 aromatic heterocycles. The van der Waals surface area contributed by atoms with E-state index in [0.29, 0.717) is 170 Å². The molecule has 0 saturated carbocycles. The van der Waals surface area contributed by atoms with E-state index < -0.39 is 12.2 Å². The number of halogens is 1. The van der Waals surface area contributed by atoms with Crippen molar-refractivity contribution in [2.75, 3.05) is 263 Å². The van der Waals surface area contributed by atoms with Crippen LogP contribution < -0.4 is 44.2 Å². The highest BCUT2D eigenvalue weighted by molar-refractivity contribution is 5.78. The number of ether oxygens (including phenoxy) is 12. The minimum atomic E-state index is -0.625. The number of nitrogens with two attached hydrogens (primary N) is 4. The van der Waals surface area contributed by atoms with E-state index in [9.17, 15) is 57.5 Å². The fraction of sp³-hybridized carbons (Fsp3) is 0.870. The molecule has 41 heteroatoms. The molecule has 0 rings (SSSR count). The van der Waals surface area contributed by atoms with Crippen LogP contribution in [0.5, 0.6) is 0 Å². The predicted octanol–water partition coefficient (Wildman–Crippen LogP) is 11.1. The van der Waals surface area contributed by atoms with Crippen molar-refractivity contribution in [3.05, 3.63) is 0 Å². The maximum absolute atomic E-state index is 12.9. The molecular weight excluding hydrogens is 1730 g/mol. The second kappa shape index (κ2) is 101. The minimum absolute atomic E-state index is 0. The molecule has 0 heterocycles. The molecule has 784 valence electrons. The molecule has 0 saturated heterocycles. The average molecular weight is 1920 g/mol. The predicted molar refractivity (Wildman–Crippen MR) is 515 cm³/mol. The number of carbonyl (C=O) groups is 12. The zero-order valence-corrected chi connectivity index (χ0v) is 84.2. The van der Waals surface area contributed by atoms with Crippen LogP contribution in [0.1, 0.15) is 263 Å². The molecule has 0 aliphatic heterocycles. The van der Waals surface area contributed by atoms with Crippen LogP contribution in [-0.4, -0.2) is 374 Å². The SMILES string of the molecule is CCCN(CCC)C(=O)OCCOCCOC(=O)N(CCC)CCC.CCCN(CCC)C(=O)OCCOCCOC(=O)N(CCC)CCC.CCCN(CCC)C(=O)OCCOCCOC(=O)N(CCC)CCC.F.NCCCCCC(=O)NCCN(CCNC(=O)CCCCCN)C(=O)OCCOCCOC(=O)N(CCNC(=O)CCCCCN)CCNC(=O)CCCCCN. The van der Waals surface area contributed by atoms with Gasteiger partial charge in [0.1, 0.15) is 52.9 Å². The lowest BCUT2D eigenvalue weighted by Gasteiger charge is -2.23. The molecule has 40 nitrogen and oxygen atoms in total. The number of nitrogens with one attached hydrogen (secondary N) is 4. The lowest BCUT2D eigenvalue weighted by Crippen LogP contribution is -2.43. The third-order valence-electron chi connectivity index (χ3n) is 18.9. The van der Waals surface area contributed by atoms with Crippen LogP contribution in [-0.2, 0) is 76.0 Å². The Balaban J connectivity index is -0.000000599. The summed E-state index contributed by atoms with van der Waals surface area (Å²) in [6, 6.07) is 0. The molecule has 0 atom stereocenters. The molecule has 12 N–H and O–H groups in total. The van der Waals surface area contributed by atoms with Crippen LogP contribution in [0.2, 0.25) is 0 Å². The largest absolute Gasteiger partial charge is 0.447 e. The summed E-state index contributed by atoms with van der Waals surface area (Å²) in [4.78, 5) is 159. The Labute approximate surface area is 797 Å². The van der Waals surface area contributed by atoms with E-state index in [0.717, 1.165) is 154 Å². The normalized spacial score (nSPS) is 10.5. The van der Waals surface area contributed by atoms with Crippen molar-refractivity contribution in [1.82, 2.24) is 60.5 Å². The first-order valence-electron chi connectivity index (χ1n) is 49.5. The maximum atomic E-state index is 12.9. The van der Waals surface area contributed by atoms with Gasteiger partial charge in [-0.3, -0.25) is 23.9 Å². The number of nitrogens with zero attached hydrogens (tertiary/aromatic N) is 8. The number of amides is 12. The van der Waals surface area contributed by atoms with Crippen molar-refractivity contribution < 1.29 is 119 Å². The molecule has 133 heavy (non-hydrogen) atoms. The van der Waals surface area contributed by atoms with Crippen LogP contribution in [0, 0.1) is 0 Å². The van der Waals surface area contributed by atoms with Crippen molar-refractivity contribution in [3.8, 4) is 0 Å². The lowest BCUT2D eigenvalue weighted by molar-refractivity contribution is -0.122. The first-order valence-corrected chi connectivity index (χ1v) is 49.5. The summed E-state index contributed by atoms with van der Waals surface area (Å²) < 4.78 is 63.4. The van der Waals surface area contributed by atoms with Gasteiger partial charge in [-0.15, -0.1) is 0 Å². The fourth-order valence-corrected chi connectivity index (χ4v) is 12.3. The van der Waals surface area contributed by atoms with Crippen LogP contribution in [0.3, 0.4) is 0 Å². The van der Waals surface area contributed by atoms with E-state index in [4.69, 9.17) is 79.8 Å². The molecule has 0 aliphatic carbocycles. The van der Waals surface area contributed by atoms with Gasteiger partial charge in [-0.05, 0) is 155 Å². The molecule has 0 aromatic rings. The quantitative estimate of drug-likeness (QED) is 0.0207. The van der Waals surface area contributed by atoms with Crippen LogP contribution in [0.4, 0.5) is 43.1 Å². The second-order valence-corrected chi connectivity index (χ2v) is 31.1. The number of carbonyl (C=O) groups excluding carboxylic acids is 12. The van der Waals surface area contributed by atoms with Gasteiger partial charge in [-0.2, -0.15) is 0 Å². The summed E-state index contributed by atoms with van der Waals surface area (Å²) in [7, 11) is 0. The Morgan fingerprint density at radius 1 is 0.188 bits per heavy atom. The van der Waals surface area contributed by atoms with Gasteiger partial charge in [0.15, 0.2) is 0 Å². The molecule has 0 aliphatic rings. The molecule has 0 radical (unpaired) electrons. The molecule has 0 aromatic carbocycles. The van der Waals surface area contributed by atoms with Crippen molar-refractivity contribution in [2.24, 2.45) is 22.9 Å². The number of unbranched alkanes of at least 4 members (excludes halogenated alkanes) is 8. The van der Waals surface area contributed by atoms with E-state index in [1.165, 1.54) is 9.80 Å². The standard InChI is InChI=1S/C38H76N10O9.3C18H36N2O5.FH/c39-17-9-1-5-13-33(49)43-21-25-47(26-22-44-34(50)14-6-2-10-18-40)37(53)56-31-29-55-30-32-57-38(54)48(27-23-45-35(51)15-7-3-11-19-41)28-24-46-36(52)16-8-4-12-20-42;3*1-5-9-19(10-6-2)17(21)24-15-13-23-14-16-25-18(22)20(11-7-3)12-8-4;/h1-32,39-42H2,(H,43,49)(H,44,50)(H,45,51)(H,46,52);3*5-16H2,1-4H3;1H. The smallest absolute Gasteiger partial charge is 0.409 e. The zero-order chi connectivity index (χ0) is 98.9. The van der Waals surface area contributed by atoms with Gasteiger partial charge in [0.05, 0.1) is 52.9 Å². The number of rotatable bonds is 80. The zero-order valence-electron chi connectivity index (χ0n) is 84.2. The molecule has 0 unspecified atom stereocenters. The van der Waals surface area contributed by atoms with Gasteiger partial charge in [-0.1, -0.05) is 109 Å². The van der Waals surface area contributed by atoms with E-state index >= 15 is 0 Å². The van der Waals surface area contributed by atoms with Crippen molar-refractivity contribution >= 4 is 72.4 Å². The Morgan fingerprint density at radius 3 is 0.436 bits per heavy atom. The van der Waals surface area contributed by atoms with Gasteiger partial charge in [0.25, 0.3) is 0 Å². The second-order valence-electron chi connectivity index (χ2n) is 31.1. The third-order valence-corrected chi connectivity index (χ3v) is 18.9. The first kappa shape index (κ1) is 133. The first-order chi connectivity index (χ1) is 64.0. The number of hydrogen-bond donors (Lipinski definition) is 8. The highest BCUT2D eigenvalue weighted by Gasteiger charge is 2.22. The number of hydrogen-bond acceptors (Lipinski definition) is 28.